The predicted molar refractivity (Wildman–Crippen MR) is 76.7 cm³/mol. The molecule has 0 radical (unpaired) electrons. The minimum Gasteiger partial charge on any atom is -0.314 e. The lowest BCUT2D eigenvalue weighted by molar-refractivity contribution is 0.251. The standard InChI is InChI=1S/C16H30N2/c1-2-7-13(6-1)12-18-16-10-5-8-14(16)15-9-3-4-11-17-15/h13-18H,1-12H2. The van der Waals surface area contributed by atoms with Crippen molar-refractivity contribution in [3.05, 3.63) is 0 Å². The van der Waals surface area contributed by atoms with Crippen LogP contribution in [0.5, 0.6) is 0 Å². The average molecular weight is 250 g/mol. The van der Waals surface area contributed by atoms with Gasteiger partial charge in [0.2, 0.25) is 0 Å². The summed E-state index contributed by atoms with van der Waals surface area (Å²) in [5.41, 5.74) is 0. The summed E-state index contributed by atoms with van der Waals surface area (Å²) in [6.07, 6.45) is 14.5. The van der Waals surface area contributed by atoms with Crippen molar-refractivity contribution < 1.29 is 0 Å². The van der Waals surface area contributed by atoms with Crippen molar-refractivity contribution in [2.75, 3.05) is 13.1 Å². The highest BCUT2D eigenvalue weighted by Gasteiger charge is 2.34. The quantitative estimate of drug-likeness (QED) is 0.801. The summed E-state index contributed by atoms with van der Waals surface area (Å²) in [6, 6.07) is 1.64. The molecular weight excluding hydrogens is 220 g/mol. The molecule has 2 nitrogen and oxygen atoms in total. The molecule has 2 saturated carbocycles. The van der Waals surface area contributed by atoms with Gasteiger partial charge in [0.15, 0.2) is 0 Å². The lowest BCUT2D eigenvalue weighted by Gasteiger charge is -2.33. The third-order valence-corrected chi connectivity index (χ3v) is 5.58. The van der Waals surface area contributed by atoms with Crippen LogP contribution in [-0.2, 0) is 0 Å². The Kier molecular flexibility index (Phi) is 4.58. The third kappa shape index (κ3) is 3.08. The summed E-state index contributed by atoms with van der Waals surface area (Å²) in [6.45, 7) is 2.56. The molecule has 0 aromatic carbocycles. The first-order chi connectivity index (χ1) is 8.93. The van der Waals surface area contributed by atoms with E-state index < -0.39 is 0 Å². The van der Waals surface area contributed by atoms with Crippen molar-refractivity contribution in [1.82, 2.24) is 10.6 Å². The van der Waals surface area contributed by atoms with Gasteiger partial charge >= 0.3 is 0 Å². The highest BCUT2D eigenvalue weighted by atomic mass is 15.0. The van der Waals surface area contributed by atoms with Crippen LogP contribution in [0.15, 0.2) is 0 Å². The van der Waals surface area contributed by atoms with Gasteiger partial charge < -0.3 is 10.6 Å². The van der Waals surface area contributed by atoms with Crippen LogP contribution >= 0.6 is 0 Å². The van der Waals surface area contributed by atoms with Crippen molar-refractivity contribution in [3.8, 4) is 0 Å². The van der Waals surface area contributed by atoms with E-state index in [4.69, 9.17) is 0 Å². The lowest BCUT2D eigenvalue weighted by Crippen LogP contribution is -2.47. The molecule has 2 aliphatic carbocycles. The minimum atomic E-state index is 0.821. The molecule has 0 spiro atoms. The molecule has 104 valence electrons. The smallest absolute Gasteiger partial charge is 0.0110 e. The fourth-order valence-corrected chi connectivity index (χ4v) is 4.50. The Labute approximate surface area is 112 Å². The van der Waals surface area contributed by atoms with E-state index in [2.05, 4.69) is 10.6 Å². The second-order valence-corrected chi connectivity index (χ2v) is 6.82. The Balaban J connectivity index is 1.47. The van der Waals surface area contributed by atoms with Crippen LogP contribution in [0.2, 0.25) is 0 Å². The highest BCUT2D eigenvalue weighted by Crippen LogP contribution is 2.32. The van der Waals surface area contributed by atoms with Crippen molar-refractivity contribution in [2.45, 2.75) is 76.3 Å². The van der Waals surface area contributed by atoms with Crippen LogP contribution in [0.4, 0.5) is 0 Å². The Bertz CT molecular complexity index is 241. The van der Waals surface area contributed by atoms with Gasteiger partial charge in [0.25, 0.3) is 0 Å². The highest BCUT2D eigenvalue weighted by molar-refractivity contribution is 4.92. The predicted octanol–water partition coefficient (Wildman–Crippen LogP) is 3.08. The fraction of sp³-hybridized carbons (Fsp3) is 1.00. The van der Waals surface area contributed by atoms with Crippen molar-refractivity contribution >= 4 is 0 Å². The number of rotatable bonds is 4. The topological polar surface area (TPSA) is 24.1 Å². The molecule has 3 rings (SSSR count). The first kappa shape index (κ1) is 12.9. The van der Waals surface area contributed by atoms with E-state index in [1.54, 1.807) is 0 Å². The minimum absolute atomic E-state index is 0.821. The SMILES string of the molecule is C1CCC(C2CCCC2NCC2CCCC2)NC1. The summed E-state index contributed by atoms with van der Waals surface area (Å²) in [5.74, 6) is 1.91. The zero-order chi connectivity index (χ0) is 12.2. The molecule has 1 heterocycles. The van der Waals surface area contributed by atoms with Crippen molar-refractivity contribution in [3.63, 3.8) is 0 Å². The van der Waals surface area contributed by atoms with Gasteiger partial charge in [-0.25, -0.2) is 0 Å². The normalized spacial score (nSPS) is 38.3. The first-order valence-electron chi connectivity index (χ1n) is 8.40. The van der Waals surface area contributed by atoms with Gasteiger partial charge in [0.1, 0.15) is 0 Å². The van der Waals surface area contributed by atoms with E-state index in [0.29, 0.717) is 0 Å². The fourth-order valence-electron chi connectivity index (χ4n) is 4.50. The van der Waals surface area contributed by atoms with Gasteiger partial charge in [-0.15, -0.1) is 0 Å². The van der Waals surface area contributed by atoms with Gasteiger partial charge in [-0.05, 0) is 63.5 Å². The van der Waals surface area contributed by atoms with E-state index >= 15 is 0 Å². The maximum atomic E-state index is 3.93. The van der Waals surface area contributed by atoms with Crippen molar-refractivity contribution in [1.29, 1.82) is 0 Å². The van der Waals surface area contributed by atoms with Gasteiger partial charge in [0, 0.05) is 12.1 Å². The molecule has 0 aromatic rings. The Morgan fingerprint density at radius 1 is 0.833 bits per heavy atom. The van der Waals surface area contributed by atoms with E-state index in [1.807, 2.05) is 0 Å². The molecular formula is C16H30N2. The molecule has 2 heteroatoms. The third-order valence-electron chi connectivity index (χ3n) is 5.58. The molecule has 0 amide bonds. The molecule has 0 bridgehead atoms. The number of piperidine rings is 1. The van der Waals surface area contributed by atoms with Crippen LogP contribution in [0.3, 0.4) is 0 Å². The molecule has 1 saturated heterocycles. The Hall–Kier alpha value is -0.0800. The van der Waals surface area contributed by atoms with Gasteiger partial charge in [0.05, 0.1) is 0 Å². The van der Waals surface area contributed by atoms with Gasteiger partial charge in [-0.1, -0.05) is 25.7 Å². The lowest BCUT2D eigenvalue weighted by atomic mass is 9.88. The summed E-state index contributed by atoms with van der Waals surface area (Å²) >= 11 is 0. The van der Waals surface area contributed by atoms with E-state index in [9.17, 15) is 0 Å². The molecule has 3 unspecified atom stereocenters. The first-order valence-corrected chi connectivity index (χ1v) is 8.40. The monoisotopic (exact) mass is 250 g/mol. The molecule has 3 aliphatic rings. The molecule has 0 aromatic heterocycles. The number of hydrogen-bond acceptors (Lipinski definition) is 2. The Morgan fingerprint density at radius 2 is 1.67 bits per heavy atom. The second kappa shape index (κ2) is 6.38. The second-order valence-electron chi connectivity index (χ2n) is 6.82. The van der Waals surface area contributed by atoms with Crippen LogP contribution in [0.1, 0.15) is 64.2 Å². The summed E-state index contributed by atoms with van der Waals surface area (Å²) in [7, 11) is 0. The largest absolute Gasteiger partial charge is 0.314 e. The van der Waals surface area contributed by atoms with Crippen molar-refractivity contribution in [2.24, 2.45) is 11.8 Å². The summed E-state index contributed by atoms with van der Waals surface area (Å²) in [5, 5.41) is 7.71. The zero-order valence-electron chi connectivity index (χ0n) is 11.8. The maximum Gasteiger partial charge on any atom is 0.0110 e. The van der Waals surface area contributed by atoms with Gasteiger partial charge in [-0.2, -0.15) is 0 Å². The molecule has 3 fully saturated rings. The zero-order valence-corrected chi connectivity index (χ0v) is 11.8. The van der Waals surface area contributed by atoms with E-state index in [0.717, 1.165) is 23.9 Å². The average Bonchev–Trinajstić information content (AvgIpc) is 3.09. The van der Waals surface area contributed by atoms with Crippen LogP contribution in [0.25, 0.3) is 0 Å². The van der Waals surface area contributed by atoms with E-state index in [1.165, 1.54) is 77.3 Å². The van der Waals surface area contributed by atoms with Crippen LogP contribution in [0, 0.1) is 11.8 Å². The van der Waals surface area contributed by atoms with E-state index in [-0.39, 0.29) is 0 Å². The Morgan fingerprint density at radius 3 is 2.44 bits per heavy atom. The molecule has 1 aliphatic heterocycles. The van der Waals surface area contributed by atoms with Crippen LogP contribution < -0.4 is 10.6 Å². The molecule has 2 N–H and O–H groups in total. The summed E-state index contributed by atoms with van der Waals surface area (Å²) < 4.78 is 0. The number of nitrogens with one attached hydrogen (secondary N) is 2. The summed E-state index contributed by atoms with van der Waals surface area (Å²) in [4.78, 5) is 0. The number of hydrogen-bond donors (Lipinski definition) is 2. The van der Waals surface area contributed by atoms with Gasteiger partial charge in [-0.3, -0.25) is 0 Å². The maximum absolute atomic E-state index is 3.93. The molecule has 18 heavy (non-hydrogen) atoms. The van der Waals surface area contributed by atoms with Crippen LogP contribution in [-0.4, -0.2) is 25.2 Å². The molecule has 3 atom stereocenters.